The van der Waals surface area contributed by atoms with Crippen molar-refractivity contribution in [3.63, 3.8) is 0 Å². The predicted molar refractivity (Wildman–Crippen MR) is 69.4 cm³/mol. The third-order valence-electron chi connectivity index (χ3n) is 2.07. The number of pyridine rings is 1. The van der Waals surface area contributed by atoms with Crippen LogP contribution in [0.2, 0.25) is 0 Å². The molecule has 0 aliphatic carbocycles. The summed E-state index contributed by atoms with van der Waals surface area (Å²) >= 11 is 1.97. The Morgan fingerprint density at radius 2 is 2.33 bits per heavy atom. The summed E-state index contributed by atoms with van der Waals surface area (Å²) in [7, 11) is 0. The highest BCUT2D eigenvalue weighted by molar-refractivity contribution is 7.99. The molecule has 84 valence electrons. The maximum atomic E-state index is 5.65. The lowest BCUT2D eigenvalue weighted by atomic mass is 10.2. The molecule has 3 nitrogen and oxygen atoms in total. The van der Waals surface area contributed by atoms with Crippen LogP contribution in [0.15, 0.2) is 18.5 Å². The molecule has 0 aromatic carbocycles. The highest BCUT2D eigenvalue weighted by Gasteiger charge is 2.01. The fraction of sp³-hybridized carbons (Fsp3) is 0.545. The van der Waals surface area contributed by atoms with E-state index in [9.17, 15) is 0 Å². The summed E-state index contributed by atoms with van der Waals surface area (Å²) in [6, 6.07) is 2.38. The Morgan fingerprint density at radius 1 is 1.53 bits per heavy atom. The highest BCUT2D eigenvalue weighted by Crippen LogP contribution is 2.13. The van der Waals surface area contributed by atoms with Crippen LogP contribution in [0.1, 0.15) is 20.3 Å². The molecule has 1 aromatic heterocycles. The van der Waals surface area contributed by atoms with Gasteiger partial charge in [0.2, 0.25) is 0 Å². The van der Waals surface area contributed by atoms with E-state index in [4.69, 9.17) is 5.73 Å². The van der Waals surface area contributed by atoms with Crippen LogP contribution in [0.3, 0.4) is 0 Å². The van der Waals surface area contributed by atoms with Gasteiger partial charge in [0.15, 0.2) is 0 Å². The second-order valence-corrected chi connectivity index (χ2v) is 4.93. The molecular weight excluding hydrogens is 206 g/mol. The first-order valence-corrected chi connectivity index (χ1v) is 6.42. The lowest BCUT2D eigenvalue weighted by molar-refractivity contribution is 0.771. The van der Waals surface area contributed by atoms with Crippen LogP contribution in [0.5, 0.6) is 0 Å². The number of nitrogens with one attached hydrogen (secondary N) is 1. The normalized spacial score (nSPS) is 12.4. The molecule has 1 atom stereocenters. The molecule has 15 heavy (non-hydrogen) atoms. The number of hydrogen-bond acceptors (Lipinski definition) is 4. The number of nitrogens with two attached hydrogens (primary N) is 1. The van der Waals surface area contributed by atoms with Gasteiger partial charge in [0, 0.05) is 12.2 Å². The Kier molecular flexibility index (Phi) is 5.32. The van der Waals surface area contributed by atoms with Crippen molar-refractivity contribution in [1.29, 1.82) is 0 Å². The number of nitrogen functional groups attached to an aromatic ring is 1. The number of hydrogen-bond donors (Lipinski definition) is 2. The second-order valence-electron chi connectivity index (χ2n) is 3.54. The maximum Gasteiger partial charge on any atom is 0.0549 e. The lowest BCUT2D eigenvalue weighted by Crippen LogP contribution is -2.16. The van der Waals surface area contributed by atoms with Crippen LogP contribution < -0.4 is 11.1 Å². The number of nitrogens with zero attached hydrogens (tertiary/aromatic N) is 1. The summed E-state index contributed by atoms with van der Waals surface area (Å²) in [5.41, 5.74) is 7.36. The van der Waals surface area contributed by atoms with Gasteiger partial charge in [-0.05, 0) is 30.9 Å². The van der Waals surface area contributed by atoms with Crippen molar-refractivity contribution >= 4 is 23.1 Å². The fourth-order valence-electron chi connectivity index (χ4n) is 1.30. The quantitative estimate of drug-likeness (QED) is 0.731. The molecule has 0 saturated carbocycles. The molecule has 1 rings (SSSR count). The van der Waals surface area contributed by atoms with E-state index in [-0.39, 0.29) is 0 Å². The minimum atomic E-state index is 0.465. The van der Waals surface area contributed by atoms with E-state index < -0.39 is 0 Å². The van der Waals surface area contributed by atoms with Crippen molar-refractivity contribution in [2.75, 3.05) is 22.6 Å². The Hall–Kier alpha value is -0.900. The summed E-state index contributed by atoms with van der Waals surface area (Å²) in [5, 5.41) is 3.39. The van der Waals surface area contributed by atoms with Crippen molar-refractivity contribution in [2.45, 2.75) is 26.3 Å². The topological polar surface area (TPSA) is 50.9 Å². The van der Waals surface area contributed by atoms with Crippen molar-refractivity contribution in [1.82, 2.24) is 4.98 Å². The van der Waals surface area contributed by atoms with Gasteiger partial charge in [-0.15, -0.1) is 0 Å². The molecule has 3 N–H and O–H groups in total. The summed E-state index contributed by atoms with van der Waals surface area (Å²) in [5.74, 6) is 2.38. The zero-order chi connectivity index (χ0) is 11.1. The average molecular weight is 225 g/mol. The first kappa shape index (κ1) is 12.2. The molecule has 0 amide bonds. The highest BCUT2D eigenvalue weighted by atomic mass is 32.2. The molecule has 1 heterocycles. The van der Waals surface area contributed by atoms with E-state index in [0.29, 0.717) is 11.7 Å². The zero-order valence-corrected chi connectivity index (χ0v) is 10.2. The average Bonchev–Trinajstić information content (AvgIpc) is 2.18. The number of anilines is 2. The Balaban J connectivity index is 2.34. The Bertz CT molecular complexity index is 291. The monoisotopic (exact) mass is 225 g/mol. The third-order valence-corrected chi connectivity index (χ3v) is 3.00. The van der Waals surface area contributed by atoms with Gasteiger partial charge in [-0.1, -0.05) is 6.92 Å². The summed E-state index contributed by atoms with van der Waals surface area (Å²) in [6.07, 6.45) is 4.62. The minimum Gasteiger partial charge on any atom is -0.397 e. The number of thioether (sulfide) groups is 1. The van der Waals surface area contributed by atoms with Crippen LogP contribution in [0.4, 0.5) is 11.4 Å². The van der Waals surface area contributed by atoms with Crippen LogP contribution in [0, 0.1) is 0 Å². The summed E-state index contributed by atoms with van der Waals surface area (Å²) in [4.78, 5) is 4.04. The van der Waals surface area contributed by atoms with E-state index >= 15 is 0 Å². The second kappa shape index (κ2) is 6.56. The van der Waals surface area contributed by atoms with E-state index in [1.807, 2.05) is 17.8 Å². The van der Waals surface area contributed by atoms with Gasteiger partial charge in [0.1, 0.15) is 0 Å². The summed E-state index contributed by atoms with van der Waals surface area (Å²) < 4.78 is 0. The Labute approximate surface area is 95.9 Å². The maximum absolute atomic E-state index is 5.65. The van der Waals surface area contributed by atoms with Gasteiger partial charge in [-0.25, -0.2) is 0 Å². The van der Waals surface area contributed by atoms with Gasteiger partial charge in [-0.3, -0.25) is 4.98 Å². The fourth-order valence-corrected chi connectivity index (χ4v) is 2.11. The van der Waals surface area contributed by atoms with E-state index in [2.05, 4.69) is 24.1 Å². The standard InChI is InChI=1S/C11H19N3S/c1-3-15-5-4-9(2)14-11-6-10(12)7-13-8-11/h6-9,14H,3-5,12H2,1-2H3. The van der Waals surface area contributed by atoms with Crippen molar-refractivity contribution in [3.05, 3.63) is 18.5 Å². The van der Waals surface area contributed by atoms with Crippen LogP contribution in [0.25, 0.3) is 0 Å². The van der Waals surface area contributed by atoms with Gasteiger partial charge in [0.25, 0.3) is 0 Å². The van der Waals surface area contributed by atoms with Crippen molar-refractivity contribution in [3.8, 4) is 0 Å². The number of rotatable bonds is 6. The molecule has 0 radical (unpaired) electrons. The molecule has 0 spiro atoms. The Morgan fingerprint density at radius 3 is 3.00 bits per heavy atom. The van der Waals surface area contributed by atoms with Crippen LogP contribution >= 0.6 is 11.8 Å². The molecule has 4 heteroatoms. The minimum absolute atomic E-state index is 0.465. The summed E-state index contributed by atoms with van der Waals surface area (Å²) in [6.45, 7) is 4.37. The molecule has 0 bridgehead atoms. The van der Waals surface area contributed by atoms with Crippen LogP contribution in [-0.4, -0.2) is 22.5 Å². The predicted octanol–water partition coefficient (Wildman–Crippen LogP) is 2.61. The van der Waals surface area contributed by atoms with E-state index in [1.165, 1.54) is 11.5 Å². The lowest BCUT2D eigenvalue weighted by Gasteiger charge is -2.14. The van der Waals surface area contributed by atoms with Gasteiger partial charge in [-0.2, -0.15) is 11.8 Å². The smallest absolute Gasteiger partial charge is 0.0549 e. The molecule has 1 unspecified atom stereocenters. The first-order chi connectivity index (χ1) is 7.22. The van der Waals surface area contributed by atoms with Gasteiger partial charge in [0.05, 0.1) is 17.6 Å². The zero-order valence-electron chi connectivity index (χ0n) is 9.36. The molecule has 0 aliphatic heterocycles. The van der Waals surface area contributed by atoms with E-state index in [0.717, 1.165) is 12.1 Å². The largest absolute Gasteiger partial charge is 0.397 e. The molecular formula is C11H19N3S. The molecule has 1 aromatic rings. The molecule has 0 fully saturated rings. The van der Waals surface area contributed by atoms with Crippen molar-refractivity contribution < 1.29 is 0 Å². The molecule has 0 saturated heterocycles. The number of aromatic nitrogens is 1. The first-order valence-electron chi connectivity index (χ1n) is 5.27. The van der Waals surface area contributed by atoms with Gasteiger partial charge >= 0.3 is 0 Å². The third kappa shape index (κ3) is 4.93. The SMILES string of the molecule is CCSCCC(C)Nc1cncc(N)c1. The van der Waals surface area contributed by atoms with Crippen LogP contribution in [-0.2, 0) is 0 Å². The molecule has 0 aliphatic rings. The van der Waals surface area contributed by atoms with E-state index in [1.54, 1.807) is 12.4 Å². The van der Waals surface area contributed by atoms with Crippen molar-refractivity contribution in [2.24, 2.45) is 0 Å². The van der Waals surface area contributed by atoms with Gasteiger partial charge < -0.3 is 11.1 Å².